The van der Waals surface area contributed by atoms with Crippen LogP contribution < -0.4 is 0 Å². The minimum atomic E-state index is -2.09. The summed E-state index contributed by atoms with van der Waals surface area (Å²) >= 11 is 0. The second-order valence-corrected chi connectivity index (χ2v) is 8.05. The number of nitriles is 3. The van der Waals surface area contributed by atoms with Gasteiger partial charge in [0.25, 0.3) is 5.69 Å². The third-order valence-electron chi connectivity index (χ3n) is 6.70. The van der Waals surface area contributed by atoms with Crippen molar-refractivity contribution in [3.63, 3.8) is 0 Å². The van der Waals surface area contributed by atoms with Crippen LogP contribution in [0.15, 0.2) is 24.3 Å². The molecule has 9 nitrogen and oxygen atoms in total. The highest BCUT2D eigenvalue weighted by atomic mass is 16.7. The summed E-state index contributed by atoms with van der Waals surface area (Å²) in [6.45, 7) is 0. The topological polar surface area (TPSA) is 157 Å². The molecule has 0 amide bonds. The third kappa shape index (κ3) is 2.32. The Morgan fingerprint density at radius 1 is 1.13 bits per heavy atom. The Labute approximate surface area is 173 Å². The van der Waals surface area contributed by atoms with Gasteiger partial charge in [0.1, 0.15) is 6.10 Å². The summed E-state index contributed by atoms with van der Waals surface area (Å²) < 4.78 is 12.2. The summed E-state index contributed by atoms with van der Waals surface area (Å²) in [7, 11) is 0. The molecular formula is C21H19N5O4. The largest absolute Gasteiger partial charge is 0.447 e. The monoisotopic (exact) mass is 405 g/mol. The van der Waals surface area contributed by atoms with Crippen molar-refractivity contribution in [2.45, 2.75) is 50.4 Å². The number of benzene rings is 1. The van der Waals surface area contributed by atoms with E-state index in [0.717, 1.165) is 25.7 Å². The van der Waals surface area contributed by atoms with Crippen LogP contribution >= 0.6 is 0 Å². The number of rotatable bonds is 2. The van der Waals surface area contributed by atoms with Crippen molar-refractivity contribution >= 4 is 11.6 Å². The zero-order valence-electron chi connectivity index (χ0n) is 16.1. The molecule has 4 atom stereocenters. The van der Waals surface area contributed by atoms with Gasteiger partial charge >= 0.3 is 0 Å². The van der Waals surface area contributed by atoms with E-state index < -0.39 is 39.5 Å². The van der Waals surface area contributed by atoms with Crippen LogP contribution in [0.25, 0.3) is 0 Å². The van der Waals surface area contributed by atoms with Crippen LogP contribution in [0.3, 0.4) is 0 Å². The van der Waals surface area contributed by atoms with Crippen LogP contribution in [0.2, 0.25) is 0 Å². The highest BCUT2D eigenvalue weighted by molar-refractivity contribution is 5.89. The first-order valence-electron chi connectivity index (χ1n) is 9.85. The van der Waals surface area contributed by atoms with E-state index in [9.17, 15) is 25.9 Å². The number of ether oxygens (including phenoxy) is 2. The summed E-state index contributed by atoms with van der Waals surface area (Å²) in [5.74, 6) is -2.37. The zero-order valence-corrected chi connectivity index (χ0v) is 16.1. The Hall–Kier alpha value is -3.48. The van der Waals surface area contributed by atoms with Crippen LogP contribution in [-0.4, -0.2) is 16.6 Å². The van der Waals surface area contributed by atoms with Crippen LogP contribution in [0.4, 0.5) is 5.69 Å². The van der Waals surface area contributed by atoms with Crippen molar-refractivity contribution in [1.29, 1.82) is 21.2 Å². The molecule has 30 heavy (non-hydrogen) atoms. The molecule has 2 aliphatic heterocycles. The number of hydrogen-bond donors (Lipinski definition) is 1. The SMILES string of the molecule is N#CC1(C#N)C(c2cccc([N+](=O)[O-])c2)OC23CCCCCCC2C1(C#N)C(=N)O3. The molecule has 1 N–H and O–H groups in total. The molecule has 0 aromatic heterocycles. The lowest BCUT2D eigenvalue weighted by Crippen LogP contribution is -2.59. The number of nitrogens with zero attached hydrogens (tertiary/aromatic N) is 4. The van der Waals surface area contributed by atoms with E-state index in [2.05, 4.69) is 6.07 Å². The molecule has 4 rings (SSSR count). The molecule has 2 bridgehead atoms. The third-order valence-corrected chi connectivity index (χ3v) is 6.70. The predicted octanol–water partition coefficient (Wildman–Crippen LogP) is 3.88. The van der Waals surface area contributed by atoms with E-state index in [-0.39, 0.29) is 11.3 Å². The van der Waals surface area contributed by atoms with Gasteiger partial charge < -0.3 is 9.47 Å². The van der Waals surface area contributed by atoms with Gasteiger partial charge in [-0.2, -0.15) is 15.8 Å². The molecule has 3 fully saturated rings. The van der Waals surface area contributed by atoms with Crippen LogP contribution in [0.1, 0.15) is 50.2 Å². The minimum absolute atomic E-state index is 0.215. The number of non-ortho nitro benzene ring substituents is 1. The van der Waals surface area contributed by atoms with Gasteiger partial charge in [0.05, 0.1) is 29.0 Å². The fourth-order valence-corrected chi connectivity index (χ4v) is 5.32. The number of nitrogens with one attached hydrogen (secondary N) is 1. The first-order chi connectivity index (χ1) is 14.4. The lowest BCUT2D eigenvalue weighted by molar-refractivity contribution is -0.385. The Balaban J connectivity index is 1.98. The summed E-state index contributed by atoms with van der Waals surface area (Å²) in [5.41, 5.74) is -3.88. The van der Waals surface area contributed by atoms with Gasteiger partial charge in [-0.3, -0.25) is 15.5 Å². The number of nitro benzene ring substituents is 1. The Bertz CT molecular complexity index is 1040. The van der Waals surface area contributed by atoms with E-state index in [1.807, 2.05) is 12.1 Å². The molecule has 0 spiro atoms. The second-order valence-electron chi connectivity index (χ2n) is 8.05. The number of hydrogen-bond acceptors (Lipinski definition) is 8. The smallest absolute Gasteiger partial charge is 0.269 e. The maximum absolute atomic E-state index is 11.3. The van der Waals surface area contributed by atoms with Crippen LogP contribution in [0.5, 0.6) is 0 Å². The van der Waals surface area contributed by atoms with Crippen molar-refractivity contribution in [2.24, 2.45) is 16.7 Å². The van der Waals surface area contributed by atoms with Gasteiger partial charge in [-0.1, -0.05) is 31.4 Å². The molecule has 0 radical (unpaired) electrons. The van der Waals surface area contributed by atoms with Gasteiger partial charge in [0, 0.05) is 18.6 Å². The molecule has 1 aromatic carbocycles. The average Bonchev–Trinajstić information content (AvgIpc) is 2.91. The molecule has 9 heteroatoms. The Morgan fingerprint density at radius 2 is 1.87 bits per heavy atom. The van der Waals surface area contributed by atoms with E-state index in [1.54, 1.807) is 0 Å². The van der Waals surface area contributed by atoms with Crippen molar-refractivity contribution in [2.75, 3.05) is 0 Å². The van der Waals surface area contributed by atoms with Crippen molar-refractivity contribution < 1.29 is 14.4 Å². The molecule has 2 heterocycles. The fraction of sp³-hybridized carbons (Fsp3) is 0.524. The standard InChI is InChI=1S/C21H19N5O4/c22-11-19(12-23)17(14-6-5-7-15(10-14)26(27)28)29-21-9-4-2-1-3-8-16(21)20(19,13-24)18(25)30-21/h5-7,10,16-17,25H,1-4,8-9H2. The van der Waals surface area contributed by atoms with Gasteiger partial charge in [-0.05, 0) is 18.4 Å². The first kappa shape index (κ1) is 19.8. The van der Waals surface area contributed by atoms with Crippen molar-refractivity contribution in [3.8, 4) is 18.2 Å². The average molecular weight is 405 g/mol. The highest BCUT2D eigenvalue weighted by Gasteiger charge is 2.80. The van der Waals surface area contributed by atoms with Gasteiger partial charge in [-0.25, -0.2) is 0 Å². The minimum Gasteiger partial charge on any atom is -0.447 e. The molecule has 1 aliphatic carbocycles. The van der Waals surface area contributed by atoms with Gasteiger partial charge in [0.2, 0.25) is 17.1 Å². The highest BCUT2D eigenvalue weighted by Crippen LogP contribution is 2.68. The molecule has 4 unspecified atom stereocenters. The normalized spacial score (nSPS) is 34.1. The molecule has 3 aliphatic rings. The fourth-order valence-electron chi connectivity index (χ4n) is 5.32. The molecular weight excluding hydrogens is 386 g/mol. The summed E-state index contributed by atoms with van der Waals surface area (Å²) in [6, 6.07) is 11.6. The van der Waals surface area contributed by atoms with Crippen LogP contribution in [0, 0.1) is 66.3 Å². The summed E-state index contributed by atoms with van der Waals surface area (Å²) in [6.07, 6.45) is 3.04. The van der Waals surface area contributed by atoms with Crippen LogP contribution in [-0.2, 0) is 9.47 Å². The second kappa shape index (κ2) is 6.79. The summed E-state index contributed by atoms with van der Waals surface area (Å²) in [5, 5.41) is 50.6. The Morgan fingerprint density at radius 3 is 2.53 bits per heavy atom. The number of nitro groups is 1. The van der Waals surface area contributed by atoms with Crippen molar-refractivity contribution in [1.82, 2.24) is 0 Å². The first-order valence-corrected chi connectivity index (χ1v) is 9.85. The molecule has 152 valence electrons. The van der Waals surface area contributed by atoms with Gasteiger partial charge in [0.15, 0.2) is 5.41 Å². The van der Waals surface area contributed by atoms with E-state index >= 15 is 0 Å². The Kier molecular flexibility index (Phi) is 4.49. The quantitative estimate of drug-likeness (QED) is 0.577. The molecule has 2 saturated heterocycles. The predicted molar refractivity (Wildman–Crippen MR) is 101 cm³/mol. The van der Waals surface area contributed by atoms with E-state index in [4.69, 9.17) is 14.9 Å². The van der Waals surface area contributed by atoms with E-state index in [1.165, 1.54) is 24.3 Å². The van der Waals surface area contributed by atoms with E-state index in [0.29, 0.717) is 12.8 Å². The maximum atomic E-state index is 11.3. The van der Waals surface area contributed by atoms with Crippen molar-refractivity contribution in [3.05, 3.63) is 39.9 Å². The molecule has 1 saturated carbocycles. The molecule has 1 aromatic rings. The maximum Gasteiger partial charge on any atom is 0.269 e. The zero-order chi connectivity index (χ0) is 21.6. The lowest BCUT2D eigenvalue weighted by atomic mass is 9.52. The van der Waals surface area contributed by atoms with Gasteiger partial charge in [-0.15, -0.1) is 0 Å². The lowest BCUT2D eigenvalue weighted by Gasteiger charge is -2.50. The summed E-state index contributed by atoms with van der Waals surface area (Å²) in [4.78, 5) is 10.7.